The minimum absolute atomic E-state index is 0.315. The maximum atomic E-state index is 5.84. The summed E-state index contributed by atoms with van der Waals surface area (Å²) in [5, 5.41) is 0. The van der Waals surface area contributed by atoms with Crippen LogP contribution in [0.1, 0.15) is 43.2 Å². The van der Waals surface area contributed by atoms with E-state index < -0.39 is 0 Å². The highest BCUT2D eigenvalue weighted by Gasteiger charge is 2.23. The van der Waals surface area contributed by atoms with Crippen LogP contribution in [0.2, 0.25) is 0 Å². The van der Waals surface area contributed by atoms with Gasteiger partial charge < -0.3 is 18.9 Å². The van der Waals surface area contributed by atoms with Gasteiger partial charge >= 0.3 is 0 Å². The van der Waals surface area contributed by atoms with Gasteiger partial charge in [0.05, 0.1) is 19.8 Å². The second kappa shape index (κ2) is 12.1. The van der Waals surface area contributed by atoms with Gasteiger partial charge in [0.25, 0.3) is 0 Å². The molecule has 0 aromatic heterocycles. The van der Waals surface area contributed by atoms with Crippen LogP contribution in [0.5, 0.6) is 0 Å². The maximum absolute atomic E-state index is 5.84. The Balaban J connectivity index is 1.10. The van der Waals surface area contributed by atoms with Crippen molar-refractivity contribution in [2.24, 2.45) is 5.92 Å². The normalized spacial score (nSPS) is 20.8. The van der Waals surface area contributed by atoms with Gasteiger partial charge in [-0.2, -0.15) is 0 Å². The van der Waals surface area contributed by atoms with E-state index in [1.165, 1.54) is 24.0 Å². The average molecular weight is 387 g/mol. The highest BCUT2D eigenvalue weighted by Crippen LogP contribution is 2.19. The monoisotopic (exact) mass is 386 g/mol. The van der Waals surface area contributed by atoms with Gasteiger partial charge in [-0.05, 0) is 43.9 Å². The number of hydrogen-bond acceptors (Lipinski definition) is 4. The standard InChI is InChI=1S/C24H34O4/c1-20-6-8-21(9-7-20)16-25-14-4-2-3-5-15-26-17-22-10-12-23(13-11-22)27-18-24-19-28-24/h6-10,12-13,22,24H,2-5,11,14-19H2,1H3. The first-order chi connectivity index (χ1) is 13.8. The van der Waals surface area contributed by atoms with Crippen LogP contribution in [-0.2, 0) is 25.6 Å². The van der Waals surface area contributed by atoms with E-state index in [4.69, 9.17) is 18.9 Å². The quantitative estimate of drug-likeness (QED) is 0.334. The van der Waals surface area contributed by atoms with Crippen LogP contribution < -0.4 is 0 Å². The Morgan fingerprint density at radius 2 is 1.71 bits per heavy atom. The van der Waals surface area contributed by atoms with E-state index in [-0.39, 0.29) is 0 Å². The van der Waals surface area contributed by atoms with Crippen molar-refractivity contribution in [2.45, 2.75) is 51.7 Å². The Bertz CT molecular complexity index is 616. The zero-order chi connectivity index (χ0) is 19.4. The first-order valence-electron chi connectivity index (χ1n) is 10.6. The third-order valence-corrected chi connectivity index (χ3v) is 5.04. The molecular weight excluding hydrogens is 352 g/mol. The Morgan fingerprint density at radius 1 is 0.964 bits per heavy atom. The van der Waals surface area contributed by atoms with Crippen molar-refractivity contribution in [1.29, 1.82) is 0 Å². The zero-order valence-electron chi connectivity index (χ0n) is 17.1. The van der Waals surface area contributed by atoms with Gasteiger partial charge in [-0.1, -0.05) is 48.7 Å². The molecule has 1 aliphatic heterocycles. The zero-order valence-corrected chi connectivity index (χ0v) is 17.1. The van der Waals surface area contributed by atoms with Gasteiger partial charge in [-0.15, -0.1) is 0 Å². The van der Waals surface area contributed by atoms with Gasteiger partial charge in [0.15, 0.2) is 0 Å². The van der Waals surface area contributed by atoms with Gasteiger partial charge in [-0.3, -0.25) is 0 Å². The number of hydrogen-bond donors (Lipinski definition) is 0. The molecule has 0 spiro atoms. The molecule has 0 N–H and O–H groups in total. The Labute approximate surface area is 169 Å². The lowest BCUT2D eigenvalue weighted by atomic mass is 10.0. The van der Waals surface area contributed by atoms with E-state index >= 15 is 0 Å². The number of aryl methyl sites for hydroxylation is 1. The minimum Gasteiger partial charge on any atom is -0.491 e. The molecule has 2 aliphatic rings. The largest absolute Gasteiger partial charge is 0.491 e. The van der Waals surface area contributed by atoms with E-state index in [9.17, 15) is 0 Å². The molecule has 1 heterocycles. The maximum Gasteiger partial charge on any atom is 0.117 e. The van der Waals surface area contributed by atoms with E-state index in [0.29, 0.717) is 25.2 Å². The van der Waals surface area contributed by atoms with E-state index in [1.807, 2.05) is 0 Å². The highest BCUT2D eigenvalue weighted by atomic mass is 16.6. The molecule has 0 saturated carbocycles. The summed E-state index contributed by atoms with van der Waals surface area (Å²) >= 11 is 0. The molecule has 3 rings (SSSR count). The molecule has 0 amide bonds. The fraction of sp³-hybridized carbons (Fsp3) is 0.583. The number of ether oxygens (including phenoxy) is 4. The molecule has 1 aliphatic carbocycles. The molecule has 4 heteroatoms. The lowest BCUT2D eigenvalue weighted by Crippen LogP contribution is -2.11. The van der Waals surface area contributed by atoms with Crippen LogP contribution in [0, 0.1) is 12.8 Å². The molecule has 1 aromatic rings. The van der Waals surface area contributed by atoms with E-state index in [1.54, 1.807) is 0 Å². The number of unbranched alkanes of at least 4 members (excludes halogenated alkanes) is 3. The summed E-state index contributed by atoms with van der Waals surface area (Å²) in [4.78, 5) is 0. The molecule has 4 nitrogen and oxygen atoms in total. The molecular formula is C24H34O4. The molecule has 1 fully saturated rings. The smallest absolute Gasteiger partial charge is 0.117 e. The molecule has 1 aromatic carbocycles. The van der Waals surface area contributed by atoms with Crippen LogP contribution in [0.3, 0.4) is 0 Å². The molecule has 2 atom stereocenters. The van der Waals surface area contributed by atoms with Crippen molar-refractivity contribution < 1.29 is 18.9 Å². The van der Waals surface area contributed by atoms with Gasteiger partial charge in [-0.25, -0.2) is 0 Å². The molecule has 2 unspecified atom stereocenters. The predicted octanol–water partition coefficient (Wildman–Crippen LogP) is 4.96. The Morgan fingerprint density at radius 3 is 2.39 bits per heavy atom. The van der Waals surface area contributed by atoms with Gasteiger partial charge in [0.2, 0.25) is 0 Å². The van der Waals surface area contributed by atoms with Crippen molar-refractivity contribution in [1.82, 2.24) is 0 Å². The third kappa shape index (κ3) is 8.59. The van der Waals surface area contributed by atoms with Crippen LogP contribution in [0.25, 0.3) is 0 Å². The predicted molar refractivity (Wildman–Crippen MR) is 111 cm³/mol. The van der Waals surface area contributed by atoms with Crippen molar-refractivity contribution >= 4 is 0 Å². The van der Waals surface area contributed by atoms with Gasteiger partial charge in [0, 0.05) is 19.1 Å². The first-order valence-corrected chi connectivity index (χ1v) is 10.6. The minimum atomic E-state index is 0.315. The summed E-state index contributed by atoms with van der Waals surface area (Å²) in [5.74, 6) is 1.44. The summed E-state index contributed by atoms with van der Waals surface area (Å²) < 4.78 is 22.4. The van der Waals surface area contributed by atoms with Crippen molar-refractivity contribution in [3.05, 3.63) is 59.4 Å². The second-order valence-electron chi connectivity index (χ2n) is 7.76. The fourth-order valence-electron chi connectivity index (χ4n) is 3.10. The number of rotatable bonds is 14. The SMILES string of the molecule is Cc1ccc(COCCCCCCOCC2C=CC(OCC3CO3)=CC2)cc1. The molecule has 1 saturated heterocycles. The lowest BCUT2D eigenvalue weighted by Gasteiger charge is -2.16. The summed E-state index contributed by atoms with van der Waals surface area (Å²) in [6, 6.07) is 8.55. The molecule has 154 valence electrons. The van der Waals surface area contributed by atoms with E-state index in [2.05, 4.69) is 49.4 Å². The Hall–Kier alpha value is -1.62. The highest BCUT2D eigenvalue weighted by molar-refractivity contribution is 5.20. The summed E-state index contributed by atoms with van der Waals surface area (Å²) in [5.41, 5.74) is 2.54. The molecule has 0 bridgehead atoms. The molecule has 28 heavy (non-hydrogen) atoms. The molecule has 0 radical (unpaired) electrons. The van der Waals surface area contributed by atoms with Crippen LogP contribution >= 0.6 is 0 Å². The first kappa shape index (κ1) is 21.1. The van der Waals surface area contributed by atoms with E-state index in [0.717, 1.165) is 51.4 Å². The summed E-state index contributed by atoms with van der Waals surface area (Å²) in [7, 11) is 0. The summed E-state index contributed by atoms with van der Waals surface area (Å²) in [6.45, 7) is 6.82. The van der Waals surface area contributed by atoms with Crippen LogP contribution in [0.15, 0.2) is 48.3 Å². The third-order valence-electron chi connectivity index (χ3n) is 5.04. The fourth-order valence-corrected chi connectivity index (χ4v) is 3.10. The van der Waals surface area contributed by atoms with Crippen LogP contribution in [-0.4, -0.2) is 39.1 Å². The van der Waals surface area contributed by atoms with Gasteiger partial charge in [0.1, 0.15) is 18.5 Å². The summed E-state index contributed by atoms with van der Waals surface area (Å²) in [6.07, 6.45) is 12.4. The Kier molecular flexibility index (Phi) is 9.08. The number of allylic oxidation sites excluding steroid dienone is 2. The average Bonchev–Trinajstić information content (AvgIpc) is 3.54. The van der Waals surface area contributed by atoms with Crippen LogP contribution in [0.4, 0.5) is 0 Å². The number of benzene rings is 1. The van der Waals surface area contributed by atoms with Crippen molar-refractivity contribution in [3.63, 3.8) is 0 Å². The van der Waals surface area contributed by atoms with Crippen molar-refractivity contribution in [3.8, 4) is 0 Å². The second-order valence-corrected chi connectivity index (χ2v) is 7.76. The van der Waals surface area contributed by atoms with Crippen molar-refractivity contribution in [2.75, 3.05) is 33.0 Å². The number of epoxide rings is 1. The lowest BCUT2D eigenvalue weighted by molar-refractivity contribution is 0.103. The topological polar surface area (TPSA) is 40.2 Å².